The maximum atomic E-state index is 10.1. The van der Waals surface area contributed by atoms with Crippen molar-refractivity contribution in [1.82, 2.24) is 0 Å². The predicted molar refractivity (Wildman–Crippen MR) is 21.0 cm³/mol. The molecule has 1 heteroatoms. The molecule has 0 aliphatic heterocycles. The molecular formula is C4H8O. The number of Topliss-reactive ketones (excluding diaryl/α,β-unsaturated/α-hetero) is 1. The molecular weight excluding hydrogens is 64.0 g/mol. The molecule has 0 aromatic carbocycles. The van der Waals surface area contributed by atoms with Crippen molar-refractivity contribution >= 4 is 5.78 Å². The molecule has 0 aliphatic carbocycles. The van der Waals surface area contributed by atoms with E-state index in [1.54, 1.807) is 0 Å². The van der Waals surface area contributed by atoms with Crippen molar-refractivity contribution < 1.29 is 7.54 Å². The third kappa shape index (κ3) is 3.67. The fourth-order valence-electron chi connectivity index (χ4n) is 0. The van der Waals surface area contributed by atoms with Gasteiger partial charge in [0, 0.05) is 9.11 Å². The summed E-state index contributed by atoms with van der Waals surface area (Å²) < 4.78 is 13.4. The highest BCUT2D eigenvalue weighted by molar-refractivity contribution is 5.74. The molecule has 0 heterocycles. The highest BCUT2D eigenvalue weighted by atomic mass is 16.1. The van der Waals surface area contributed by atoms with Gasteiger partial charge in [-0.05, 0) is 6.92 Å². The standard InChI is InChI=1S/C4H8O/c1-3-4(2)5/h3H2,1-2H3/i3D2. The molecule has 0 atom stereocenters. The molecule has 0 radical (unpaired) electrons. The predicted octanol–water partition coefficient (Wildman–Crippen LogP) is 0.985. The Hall–Kier alpha value is -0.330. The molecule has 0 spiro atoms. The lowest BCUT2D eigenvalue weighted by molar-refractivity contribution is -0.116. The van der Waals surface area contributed by atoms with Crippen molar-refractivity contribution in [3.63, 3.8) is 0 Å². The van der Waals surface area contributed by atoms with Crippen LogP contribution in [0.15, 0.2) is 0 Å². The van der Waals surface area contributed by atoms with Crippen LogP contribution in [0.2, 0.25) is 0 Å². The maximum Gasteiger partial charge on any atom is 0.129 e. The summed E-state index contributed by atoms with van der Waals surface area (Å²) in [5.41, 5.74) is 0. The summed E-state index contributed by atoms with van der Waals surface area (Å²) in [6.45, 7) is 2.48. The molecule has 5 heavy (non-hydrogen) atoms. The smallest absolute Gasteiger partial charge is 0.129 e. The molecule has 0 aliphatic rings. The number of carbonyl (C=O) groups is 1. The molecule has 0 N–H and O–H groups in total. The van der Waals surface area contributed by atoms with E-state index >= 15 is 0 Å². The Kier molecular flexibility index (Phi) is 0.760. The minimum Gasteiger partial charge on any atom is -0.300 e. The number of rotatable bonds is 1. The minimum absolute atomic E-state index is 0.424. The van der Waals surface area contributed by atoms with Gasteiger partial charge in [0.2, 0.25) is 0 Å². The minimum atomic E-state index is -1.64. The number of ketones is 1. The van der Waals surface area contributed by atoms with Gasteiger partial charge >= 0.3 is 0 Å². The molecule has 0 unspecified atom stereocenters. The van der Waals surface area contributed by atoms with Crippen LogP contribution in [-0.4, -0.2) is 5.78 Å². The van der Waals surface area contributed by atoms with Gasteiger partial charge in [-0.3, -0.25) is 0 Å². The Morgan fingerprint density at radius 1 is 2.20 bits per heavy atom. The average Bonchev–Trinajstić information content (AvgIpc) is 1.31. The Bertz CT molecular complexity index is 82.2. The topological polar surface area (TPSA) is 17.1 Å². The van der Waals surface area contributed by atoms with Gasteiger partial charge in [-0.15, -0.1) is 0 Å². The molecule has 0 aromatic heterocycles. The van der Waals surface area contributed by atoms with E-state index in [4.69, 9.17) is 2.74 Å². The first-order chi connectivity index (χ1) is 2.94. The SMILES string of the molecule is [2H]C([2H])(C)C(C)=O. The largest absolute Gasteiger partial charge is 0.300 e. The number of hydrogen-bond acceptors (Lipinski definition) is 1. The van der Waals surface area contributed by atoms with E-state index < -0.39 is 12.2 Å². The summed E-state index contributed by atoms with van der Waals surface area (Å²) in [7, 11) is 0. The van der Waals surface area contributed by atoms with E-state index in [0.29, 0.717) is 0 Å². The van der Waals surface area contributed by atoms with Crippen molar-refractivity contribution in [2.24, 2.45) is 0 Å². The zero-order valence-corrected chi connectivity index (χ0v) is 3.41. The van der Waals surface area contributed by atoms with Gasteiger partial charge < -0.3 is 4.79 Å². The van der Waals surface area contributed by atoms with Crippen LogP contribution in [0.3, 0.4) is 0 Å². The third-order valence-corrected chi connectivity index (χ3v) is 0.352. The van der Waals surface area contributed by atoms with Crippen LogP contribution in [0.25, 0.3) is 0 Å². The summed E-state index contributed by atoms with van der Waals surface area (Å²) in [6.07, 6.45) is -1.64. The van der Waals surface area contributed by atoms with Crippen LogP contribution in [0.5, 0.6) is 0 Å². The lowest BCUT2D eigenvalue weighted by atomic mass is 10.4. The zero-order chi connectivity index (χ0) is 6.08. The lowest BCUT2D eigenvalue weighted by Crippen LogP contribution is -1.80. The molecule has 0 fully saturated rings. The average molecular weight is 74.1 g/mol. The second-order valence-corrected chi connectivity index (χ2v) is 0.806. The fourth-order valence-corrected chi connectivity index (χ4v) is 0. The molecule has 1 nitrogen and oxygen atoms in total. The van der Waals surface area contributed by atoms with E-state index in [2.05, 4.69) is 0 Å². The van der Waals surface area contributed by atoms with Crippen LogP contribution >= 0.6 is 0 Å². The summed E-state index contributed by atoms with van der Waals surface area (Å²) in [5, 5.41) is 0. The summed E-state index contributed by atoms with van der Waals surface area (Å²) >= 11 is 0. The van der Waals surface area contributed by atoms with E-state index in [1.807, 2.05) is 0 Å². The van der Waals surface area contributed by atoms with E-state index in [0.717, 1.165) is 0 Å². The summed E-state index contributed by atoms with van der Waals surface area (Å²) in [6, 6.07) is 0. The number of carbonyl (C=O) groups excluding carboxylic acids is 1. The van der Waals surface area contributed by atoms with Gasteiger partial charge in [0.15, 0.2) is 0 Å². The van der Waals surface area contributed by atoms with Crippen molar-refractivity contribution in [3.8, 4) is 0 Å². The molecule has 30 valence electrons. The van der Waals surface area contributed by atoms with Crippen LogP contribution in [-0.2, 0) is 4.79 Å². The van der Waals surface area contributed by atoms with Crippen LogP contribution < -0.4 is 0 Å². The maximum absolute atomic E-state index is 10.1. The Morgan fingerprint density at radius 2 is 2.40 bits per heavy atom. The lowest BCUT2D eigenvalue weighted by Gasteiger charge is -1.71. The Labute approximate surface area is 34.8 Å². The van der Waals surface area contributed by atoms with Gasteiger partial charge in [0.1, 0.15) is 5.78 Å². The van der Waals surface area contributed by atoms with Crippen molar-refractivity contribution in [2.75, 3.05) is 0 Å². The monoisotopic (exact) mass is 74.1 g/mol. The molecule has 0 bridgehead atoms. The van der Waals surface area contributed by atoms with Gasteiger partial charge in [-0.2, -0.15) is 0 Å². The second kappa shape index (κ2) is 1.94. The first-order valence-corrected chi connectivity index (χ1v) is 1.45. The van der Waals surface area contributed by atoms with Crippen molar-refractivity contribution in [2.45, 2.75) is 20.2 Å². The molecule has 0 amide bonds. The van der Waals surface area contributed by atoms with Gasteiger partial charge in [0.25, 0.3) is 0 Å². The molecule has 0 aromatic rings. The summed E-state index contributed by atoms with van der Waals surface area (Å²) in [4.78, 5) is 10.1. The highest BCUT2D eigenvalue weighted by Crippen LogP contribution is 1.71. The molecule has 0 rings (SSSR count). The normalized spacial score (nSPS) is 16.4. The molecule has 0 saturated heterocycles. The highest BCUT2D eigenvalue weighted by Gasteiger charge is 1.76. The van der Waals surface area contributed by atoms with Gasteiger partial charge in [-0.25, -0.2) is 0 Å². The van der Waals surface area contributed by atoms with E-state index in [-0.39, 0.29) is 0 Å². The quantitative estimate of drug-likeness (QED) is 0.453. The summed E-state index contributed by atoms with van der Waals surface area (Å²) in [5.74, 6) is -0.424. The third-order valence-electron chi connectivity index (χ3n) is 0.352. The zero-order valence-electron chi connectivity index (χ0n) is 5.41. The van der Waals surface area contributed by atoms with E-state index in [9.17, 15) is 4.79 Å². The van der Waals surface area contributed by atoms with Crippen LogP contribution in [0.1, 0.15) is 23.0 Å². The Morgan fingerprint density at radius 3 is 2.40 bits per heavy atom. The second-order valence-electron chi connectivity index (χ2n) is 0.806. The van der Waals surface area contributed by atoms with E-state index in [1.165, 1.54) is 13.8 Å². The first kappa shape index (κ1) is 1.96. The molecule has 0 saturated carbocycles. The van der Waals surface area contributed by atoms with Crippen molar-refractivity contribution in [1.29, 1.82) is 0 Å². The fraction of sp³-hybridized carbons (Fsp3) is 0.750. The first-order valence-electron chi connectivity index (χ1n) is 2.45. The van der Waals surface area contributed by atoms with Gasteiger partial charge in [-0.1, -0.05) is 6.92 Å². The van der Waals surface area contributed by atoms with Gasteiger partial charge in [0.05, 0.1) is 0 Å². The van der Waals surface area contributed by atoms with Crippen LogP contribution in [0, 0.1) is 0 Å². The van der Waals surface area contributed by atoms with Crippen molar-refractivity contribution in [3.05, 3.63) is 0 Å². The number of hydrogen-bond donors (Lipinski definition) is 0. The van der Waals surface area contributed by atoms with Crippen LogP contribution in [0.4, 0.5) is 0 Å². The Balaban J connectivity index is 3.79.